The molecule has 0 bridgehead atoms. The molecule has 5 nitrogen and oxygen atoms in total. The van der Waals surface area contributed by atoms with Crippen LogP contribution < -0.4 is 10.1 Å². The van der Waals surface area contributed by atoms with Crippen LogP contribution >= 0.6 is 23.1 Å². The van der Waals surface area contributed by atoms with Gasteiger partial charge in [-0.15, -0.1) is 10.2 Å². The summed E-state index contributed by atoms with van der Waals surface area (Å²) in [4.78, 5) is 12.7. The van der Waals surface area contributed by atoms with Crippen molar-refractivity contribution >= 4 is 44.9 Å². The van der Waals surface area contributed by atoms with E-state index in [1.165, 1.54) is 11.3 Å². The Bertz CT molecular complexity index is 893. The van der Waals surface area contributed by atoms with Crippen molar-refractivity contribution in [3.05, 3.63) is 42.0 Å². The first-order chi connectivity index (χ1) is 12.1. The number of rotatable bonds is 6. The fraction of sp³-hybridized carbons (Fsp3) is 0.278. The Morgan fingerprint density at radius 3 is 2.64 bits per heavy atom. The number of nitrogens with one attached hydrogen (secondary N) is 1. The predicted molar refractivity (Wildman–Crippen MR) is 104 cm³/mol. The predicted octanol–water partition coefficient (Wildman–Crippen LogP) is 4.70. The fourth-order valence-electron chi connectivity index (χ4n) is 2.29. The van der Waals surface area contributed by atoms with Crippen molar-refractivity contribution in [2.75, 3.05) is 18.2 Å². The monoisotopic (exact) mass is 373 g/mol. The maximum absolute atomic E-state index is 12.7. The minimum absolute atomic E-state index is 0.251. The third-order valence-electron chi connectivity index (χ3n) is 3.48. The number of methoxy groups -OCH3 is 1. The summed E-state index contributed by atoms with van der Waals surface area (Å²) in [6, 6.07) is 11.6. The molecular weight excluding hydrogens is 354 g/mol. The first-order valence-electron chi connectivity index (χ1n) is 7.91. The number of ether oxygens (including phenoxy) is 1. The van der Waals surface area contributed by atoms with Crippen LogP contribution in [0.25, 0.3) is 10.8 Å². The molecule has 3 aromatic rings. The van der Waals surface area contributed by atoms with E-state index in [4.69, 9.17) is 4.74 Å². The van der Waals surface area contributed by atoms with Crippen LogP contribution in [0, 0.1) is 5.92 Å². The molecule has 0 spiro atoms. The smallest absolute Gasteiger partial charge is 0.261 e. The largest absolute Gasteiger partial charge is 0.496 e. The summed E-state index contributed by atoms with van der Waals surface area (Å²) in [5, 5.41) is 13.5. The van der Waals surface area contributed by atoms with Gasteiger partial charge >= 0.3 is 0 Å². The van der Waals surface area contributed by atoms with Crippen molar-refractivity contribution in [2.24, 2.45) is 5.92 Å². The summed E-state index contributed by atoms with van der Waals surface area (Å²) >= 11 is 3.03. The molecule has 0 aliphatic heterocycles. The van der Waals surface area contributed by atoms with E-state index in [-0.39, 0.29) is 5.91 Å². The number of fused-ring (bicyclic) bond motifs is 1. The second kappa shape index (κ2) is 7.84. The van der Waals surface area contributed by atoms with Crippen molar-refractivity contribution in [3.63, 3.8) is 0 Å². The Kier molecular flexibility index (Phi) is 5.55. The number of carbonyl (C=O) groups is 1. The summed E-state index contributed by atoms with van der Waals surface area (Å²) in [5.41, 5.74) is 0.479. The molecule has 0 atom stereocenters. The Hall–Kier alpha value is -2.12. The SMILES string of the molecule is COc1cc2ccccc2cc1C(=O)Nc1nnc(SCC(C)C)s1. The quantitative estimate of drug-likeness (QED) is 0.501. The molecule has 0 fully saturated rings. The summed E-state index contributed by atoms with van der Waals surface area (Å²) in [7, 11) is 1.56. The molecule has 1 N–H and O–H groups in total. The van der Waals surface area contributed by atoms with Gasteiger partial charge < -0.3 is 4.74 Å². The van der Waals surface area contributed by atoms with Crippen LogP contribution in [-0.4, -0.2) is 29.0 Å². The van der Waals surface area contributed by atoms with Gasteiger partial charge in [-0.05, 0) is 28.8 Å². The van der Waals surface area contributed by atoms with E-state index >= 15 is 0 Å². The van der Waals surface area contributed by atoms with Gasteiger partial charge in [0.05, 0.1) is 12.7 Å². The second-order valence-electron chi connectivity index (χ2n) is 5.93. The normalized spacial score (nSPS) is 11.0. The molecule has 0 saturated heterocycles. The Morgan fingerprint density at radius 2 is 1.96 bits per heavy atom. The van der Waals surface area contributed by atoms with Crippen molar-refractivity contribution in [3.8, 4) is 5.75 Å². The van der Waals surface area contributed by atoms with Crippen molar-refractivity contribution in [1.29, 1.82) is 0 Å². The lowest BCUT2D eigenvalue weighted by molar-refractivity contribution is 0.102. The van der Waals surface area contributed by atoms with Crippen LogP contribution in [-0.2, 0) is 0 Å². The van der Waals surface area contributed by atoms with Gasteiger partial charge in [0.15, 0.2) is 4.34 Å². The lowest BCUT2D eigenvalue weighted by Gasteiger charge is -2.09. The van der Waals surface area contributed by atoms with Gasteiger partial charge in [0, 0.05) is 5.75 Å². The Morgan fingerprint density at radius 1 is 1.24 bits per heavy atom. The van der Waals surface area contributed by atoms with Crippen LogP contribution in [0.2, 0.25) is 0 Å². The van der Waals surface area contributed by atoms with Crippen molar-refractivity contribution in [1.82, 2.24) is 10.2 Å². The summed E-state index contributed by atoms with van der Waals surface area (Å²) in [6.45, 7) is 4.31. The lowest BCUT2D eigenvalue weighted by atomic mass is 10.1. The number of thioether (sulfide) groups is 1. The van der Waals surface area contributed by atoms with Gasteiger partial charge in [0.2, 0.25) is 5.13 Å². The van der Waals surface area contributed by atoms with E-state index in [1.54, 1.807) is 18.9 Å². The summed E-state index contributed by atoms with van der Waals surface area (Å²) in [5.74, 6) is 1.84. The maximum atomic E-state index is 12.7. The zero-order valence-electron chi connectivity index (χ0n) is 14.3. The standard InChI is InChI=1S/C18H19N3O2S2/c1-11(2)10-24-18-21-20-17(25-18)19-16(22)14-8-12-6-4-5-7-13(12)9-15(14)23-3/h4-9,11H,10H2,1-3H3,(H,19,20,22). The number of amides is 1. The third kappa shape index (κ3) is 4.29. The minimum atomic E-state index is -0.251. The van der Waals surface area contributed by atoms with Gasteiger partial charge in [-0.25, -0.2) is 0 Å². The van der Waals surface area contributed by atoms with Gasteiger partial charge in [-0.3, -0.25) is 10.1 Å². The van der Waals surface area contributed by atoms with E-state index in [1.807, 2.05) is 36.4 Å². The highest BCUT2D eigenvalue weighted by atomic mass is 32.2. The summed E-state index contributed by atoms with van der Waals surface area (Å²) in [6.07, 6.45) is 0. The molecule has 1 aromatic heterocycles. The molecule has 7 heteroatoms. The molecule has 0 aliphatic carbocycles. The fourth-order valence-corrected chi connectivity index (χ4v) is 4.01. The molecule has 0 unspecified atom stereocenters. The van der Waals surface area contributed by atoms with E-state index in [2.05, 4.69) is 29.4 Å². The second-order valence-corrected chi connectivity index (χ2v) is 8.18. The number of carbonyl (C=O) groups excluding carboxylic acids is 1. The van der Waals surface area contributed by atoms with Gasteiger partial charge in [-0.1, -0.05) is 61.2 Å². The average Bonchev–Trinajstić information content (AvgIpc) is 3.06. The lowest BCUT2D eigenvalue weighted by Crippen LogP contribution is -2.13. The van der Waals surface area contributed by atoms with E-state index in [0.29, 0.717) is 22.4 Å². The van der Waals surface area contributed by atoms with E-state index in [0.717, 1.165) is 20.9 Å². The van der Waals surface area contributed by atoms with Crippen LogP contribution in [0.4, 0.5) is 5.13 Å². The highest BCUT2D eigenvalue weighted by Crippen LogP contribution is 2.29. The van der Waals surface area contributed by atoms with Crippen LogP contribution in [0.15, 0.2) is 40.7 Å². The molecule has 1 heterocycles. The highest BCUT2D eigenvalue weighted by molar-refractivity contribution is 8.01. The maximum Gasteiger partial charge on any atom is 0.261 e. The molecule has 1 amide bonds. The number of hydrogen-bond acceptors (Lipinski definition) is 6. The van der Waals surface area contributed by atoms with Gasteiger partial charge in [0.25, 0.3) is 5.91 Å². The molecule has 25 heavy (non-hydrogen) atoms. The summed E-state index contributed by atoms with van der Waals surface area (Å²) < 4.78 is 6.24. The molecule has 0 saturated carbocycles. The third-order valence-corrected chi connectivity index (χ3v) is 5.88. The molecule has 0 aliphatic rings. The topological polar surface area (TPSA) is 64.1 Å². The van der Waals surface area contributed by atoms with E-state index < -0.39 is 0 Å². The average molecular weight is 374 g/mol. The number of hydrogen-bond donors (Lipinski definition) is 1. The molecule has 3 rings (SSSR count). The van der Waals surface area contributed by atoms with Crippen LogP contribution in [0.1, 0.15) is 24.2 Å². The van der Waals surface area contributed by atoms with Gasteiger partial charge in [-0.2, -0.15) is 0 Å². The molecule has 130 valence electrons. The molecular formula is C18H19N3O2S2. The van der Waals surface area contributed by atoms with Crippen molar-refractivity contribution < 1.29 is 9.53 Å². The number of anilines is 1. The Balaban J connectivity index is 1.80. The highest BCUT2D eigenvalue weighted by Gasteiger charge is 2.16. The van der Waals surface area contributed by atoms with Crippen LogP contribution in [0.3, 0.4) is 0 Å². The van der Waals surface area contributed by atoms with E-state index in [9.17, 15) is 4.79 Å². The first-order valence-corrected chi connectivity index (χ1v) is 9.71. The van der Waals surface area contributed by atoms with Crippen LogP contribution in [0.5, 0.6) is 5.75 Å². The number of benzene rings is 2. The number of aromatic nitrogens is 2. The first kappa shape index (κ1) is 17.7. The number of nitrogens with zero attached hydrogens (tertiary/aromatic N) is 2. The molecule has 2 aromatic carbocycles. The van der Waals surface area contributed by atoms with Gasteiger partial charge in [0.1, 0.15) is 5.75 Å². The minimum Gasteiger partial charge on any atom is -0.496 e. The molecule has 0 radical (unpaired) electrons. The zero-order chi connectivity index (χ0) is 17.8. The zero-order valence-corrected chi connectivity index (χ0v) is 15.9. The Labute approximate surface area is 154 Å². The van der Waals surface area contributed by atoms with Crippen molar-refractivity contribution in [2.45, 2.75) is 18.2 Å².